The van der Waals surface area contributed by atoms with Gasteiger partial charge >= 0.3 is 0 Å². The van der Waals surface area contributed by atoms with Crippen LogP contribution in [-0.4, -0.2) is 30.4 Å². The molecule has 2 aromatic carbocycles. The molecule has 3 heteroatoms. The smallest absolute Gasteiger partial charge is 0.226 e. The molecule has 1 fully saturated rings. The van der Waals surface area contributed by atoms with Crippen LogP contribution in [0.2, 0.25) is 0 Å². The third-order valence-electron chi connectivity index (χ3n) is 6.41. The van der Waals surface area contributed by atoms with Crippen molar-refractivity contribution >= 4 is 5.90 Å². The average Bonchev–Trinajstić information content (AvgIpc) is 2.75. The van der Waals surface area contributed by atoms with Crippen molar-refractivity contribution in [1.82, 2.24) is 4.90 Å². The van der Waals surface area contributed by atoms with E-state index in [1.54, 1.807) is 6.20 Å². The molecule has 2 aromatic rings. The molecule has 1 saturated heterocycles. The van der Waals surface area contributed by atoms with Gasteiger partial charge in [0.05, 0.1) is 0 Å². The maximum atomic E-state index is 6.21. The number of hydrogen-bond acceptors (Lipinski definition) is 3. The minimum absolute atomic E-state index is 0.617. The van der Waals surface area contributed by atoms with Gasteiger partial charge in [-0.2, -0.15) is 0 Å². The summed E-state index contributed by atoms with van der Waals surface area (Å²) in [7, 11) is 0. The quantitative estimate of drug-likeness (QED) is 0.341. The van der Waals surface area contributed by atoms with Crippen molar-refractivity contribution in [3.8, 4) is 5.75 Å². The van der Waals surface area contributed by atoms with E-state index in [0.717, 1.165) is 29.6 Å². The molecule has 0 N–H and O–H groups in total. The second kappa shape index (κ2) is 11.5. The fourth-order valence-corrected chi connectivity index (χ4v) is 4.79. The lowest BCUT2D eigenvalue weighted by atomic mass is 9.86. The lowest BCUT2D eigenvalue weighted by Gasteiger charge is -2.33. The largest absolute Gasteiger partial charge is 0.438 e. The van der Waals surface area contributed by atoms with Gasteiger partial charge in [0.1, 0.15) is 5.75 Å². The van der Waals surface area contributed by atoms with E-state index in [1.165, 1.54) is 61.2 Å². The number of piperidine rings is 1. The molecule has 0 unspecified atom stereocenters. The highest BCUT2D eigenvalue weighted by Gasteiger charge is 2.22. The van der Waals surface area contributed by atoms with E-state index >= 15 is 0 Å². The normalized spacial score (nSPS) is 15.9. The fourth-order valence-electron chi connectivity index (χ4n) is 4.79. The summed E-state index contributed by atoms with van der Waals surface area (Å²) >= 11 is 0. The van der Waals surface area contributed by atoms with Gasteiger partial charge in [0.2, 0.25) is 5.90 Å². The topological polar surface area (TPSA) is 24.8 Å². The zero-order valence-corrected chi connectivity index (χ0v) is 20.7. The Hall–Kier alpha value is -2.39. The second-order valence-corrected chi connectivity index (χ2v) is 9.67. The van der Waals surface area contributed by atoms with Crippen LogP contribution in [0.3, 0.4) is 0 Å². The lowest BCUT2D eigenvalue weighted by Crippen LogP contribution is -2.36. The molecule has 3 nitrogen and oxygen atoms in total. The molecule has 1 heterocycles. The van der Waals surface area contributed by atoms with Crippen LogP contribution in [0.5, 0.6) is 5.75 Å². The Morgan fingerprint density at radius 3 is 2.53 bits per heavy atom. The monoisotopic (exact) mass is 432 g/mol. The molecule has 0 spiro atoms. The fraction of sp³-hybridized carbons (Fsp3) is 0.483. The van der Waals surface area contributed by atoms with Crippen LogP contribution in [0.15, 0.2) is 54.2 Å². The number of benzene rings is 2. The van der Waals surface area contributed by atoms with Gasteiger partial charge in [0.25, 0.3) is 0 Å². The summed E-state index contributed by atoms with van der Waals surface area (Å²) in [6.45, 7) is 18.6. The molecule has 32 heavy (non-hydrogen) atoms. The van der Waals surface area contributed by atoms with Crippen LogP contribution in [-0.2, 0) is 12.8 Å². The minimum atomic E-state index is 0.617. The summed E-state index contributed by atoms with van der Waals surface area (Å²) in [6.07, 6.45) is 6.36. The van der Waals surface area contributed by atoms with Crippen LogP contribution < -0.4 is 4.74 Å². The first-order chi connectivity index (χ1) is 15.4. The molecule has 0 aromatic heterocycles. The van der Waals surface area contributed by atoms with Gasteiger partial charge in [-0.25, -0.2) is 4.99 Å². The number of rotatable bonds is 8. The van der Waals surface area contributed by atoms with Crippen molar-refractivity contribution in [1.29, 1.82) is 0 Å². The van der Waals surface area contributed by atoms with Crippen LogP contribution in [0.25, 0.3) is 0 Å². The molecule has 0 radical (unpaired) electrons. The Morgan fingerprint density at radius 2 is 1.91 bits per heavy atom. The first-order valence-corrected chi connectivity index (χ1v) is 12.2. The van der Waals surface area contributed by atoms with E-state index in [4.69, 9.17) is 4.74 Å². The van der Waals surface area contributed by atoms with Crippen LogP contribution >= 0.6 is 0 Å². The third kappa shape index (κ3) is 6.56. The standard InChI is InChI=1S/C29H40N2O/c1-7-25-19-28(29(30-8-2)32-27-11-9-10-22(5)16-27)23(6)17-26(25)18-24-12-14-31(15-13-24)20-21(3)4/h8-11,16-17,19,21,24H,2,7,12-15,18,20H2,1,3-6H3. The van der Waals surface area contributed by atoms with Crippen molar-refractivity contribution in [3.05, 3.63) is 77.0 Å². The van der Waals surface area contributed by atoms with Gasteiger partial charge < -0.3 is 9.64 Å². The van der Waals surface area contributed by atoms with Crippen molar-refractivity contribution in [2.24, 2.45) is 16.8 Å². The molecule has 0 aliphatic carbocycles. The number of likely N-dealkylation sites (tertiary alicyclic amines) is 1. The maximum absolute atomic E-state index is 6.21. The second-order valence-electron chi connectivity index (χ2n) is 9.67. The lowest BCUT2D eigenvalue weighted by molar-refractivity contribution is 0.167. The number of ether oxygens (including phenoxy) is 1. The predicted octanol–water partition coefficient (Wildman–Crippen LogP) is 6.75. The van der Waals surface area contributed by atoms with E-state index in [9.17, 15) is 0 Å². The van der Waals surface area contributed by atoms with Gasteiger partial charge in [0.15, 0.2) is 0 Å². The summed E-state index contributed by atoms with van der Waals surface area (Å²) in [4.78, 5) is 7.12. The Kier molecular flexibility index (Phi) is 8.69. The van der Waals surface area contributed by atoms with Gasteiger partial charge in [-0.15, -0.1) is 0 Å². The maximum Gasteiger partial charge on any atom is 0.226 e. The first kappa shape index (κ1) is 24.3. The van der Waals surface area contributed by atoms with Crippen molar-refractivity contribution in [3.63, 3.8) is 0 Å². The summed E-state index contributed by atoms with van der Waals surface area (Å²) in [6, 6.07) is 12.7. The molecule has 0 atom stereocenters. The van der Waals surface area contributed by atoms with E-state index in [0.29, 0.717) is 5.90 Å². The number of aliphatic imine (C=N–C) groups is 1. The zero-order chi connectivity index (χ0) is 23.1. The van der Waals surface area contributed by atoms with Crippen molar-refractivity contribution < 1.29 is 4.74 Å². The Balaban J connectivity index is 1.78. The third-order valence-corrected chi connectivity index (χ3v) is 6.41. The Bertz CT molecular complexity index is 936. The molecule has 3 rings (SSSR count). The van der Waals surface area contributed by atoms with E-state index in [1.807, 2.05) is 18.2 Å². The van der Waals surface area contributed by atoms with Gasteiger partial charge in [0, 0.05) is 18.3 Å². The molecule has 0 bridgehead atoms. The van der Waals surface area contributed by atoms with Crippen LogP contribution in [0.4, 0.5) is 0 Å². The summed E-state index contributed by atoms with van der Waals surface area (Å²) in [5.74, 6) is 2.95. The molecule has 0 saturated carbocycles. The molecule has 1 aliphatic heterocycles. The highest BCUT2D eigenvalue weighted by atomic mass is 16.5. The van der Waals surface area contributed by atoms with E-state index in [2.05, 4.69) is 69.3 Å². The Labute approximate surface area is 195 Å². The number of nitrogens with zero attached hydrogens (tertiary/aromatic N) is 2. The summed E-state index contributed by atoms with van der Waals surface area (Å²) in [5, 5.41) is 0. The van der Waals surface area contributed by atoms with Gasteiger partial charge in [-0.1, -0.05) is 45.5 Å². The molecular weight excluding hydrogens is 392 g/mol. The SMILES string of the molecule is C=CN=C(Oc1cccc(C)c1)c1cc(CC)c(CC2CCN(CC(C)C)CC2)cc1C. The summed E-state index contributed by atoms with van der Waals surface area (Å²) in [5.41, 5.74) is 6.33. The highest BCUT2D eigenvalue weighted by Crippen LogP contribution is 2.27. The first-order valence-electron chi connectivity index (χ1n) is 12.2. The van der Waals surface area contributed by atoms with Crippen LogP contribution in [0.1, 0.15) is 61.4 Å². The zero-order valence-electron chi connectivity index (χ0n) is 20.7. The molecule has 1 aliphatic rings. The number of aryl methyl sites for hydroxylation is 3. The average molecular weight is 433 g/mol. The summed E-state index contributed by atoms with van der Waals surface area (Å²) < 4.78 is 6.21. The minimum Gasteiger partial charge on any atom is -0.438 e. The Morgan fingerprint density at radius 1 is 1.16 bits per heavy atom. The molecular formula is C29H40N2O. The van der Waals surface area contributed by atoms with Crippen molar-refractivity contribution in [2.75, 3.05) is 19.6 Å². The van der Waals surface area contributed by atoms with E-state index in [-0.39, 0.29) is 0 Å². The molecule has 0 amide bonds. The van der Waals surface area contributed by atoms with Gasteiger partial charge in [-0.05, 0) is 105 Å². The predicted molar refractivity (Wildman–Crippen MR) is 137 cm³/mol. The number of hydrogen-bond donors (Lipinski definition) is 0. The van der Waals surface area contributed by atoms with Crippen molar-refractivity contribution in [2.45, 2.75) is 60.3 Å². The molecule has 172 valence electrons. The van der Waals surface area contributed by atoms with Gasteiger partial charge in [-0.3, -0.25) is 0 Å². The van der Waals surface area contributed by atoms with Crippen LogP contribution in [0, 0.1) is 25.7 Å². The highest BCUT2D eigenvalue weighted by molar-refractivity contribution is 5.97. The van der Waals surface area contributed by atoms with E-state index < -0.39 is 0 Å².